The van der Waals surface area contributed by atoms with Crippen molar-refractivity contribution in [3.63, 3.8) is 0 Å². The van der Waals surface area contributed by atoms with Gasteiger partial charge in [0.05, 0.1) is 6.04 Å². The van der Waals surface area contributed by atoms with E-state index in [0.717, 1.165) is 25.3 Å². The summed E-state index contributed by atoms with van der Waals surface area (Å²) in [5, 5.41) is 33.2. The van der Waals surface area contributed by atoms with Gasteiger partial charge in [0, 0.05) is 18.3 Å². The van der Waals surface area contributed by atoms with Gasteiger partial charge in [0.2, 0.25) is 0 Å². The molecule has 3 aliphatic rings. The Hall–Kier alpha value is -2.41. The highest BCUT2D eigenvalue weighted by Gasteiger charge is 2.49. The Bertz CT molecular complexity index is 898. The van der Waals surface area contributed by atoms with Gasteiger partial charge in [-0.25, -0.2) is 4.79 Å². The second-order valence-corrected chi connectivity index (χ2v) is 10.2. The van der Waals surface area contributed by atoms with Crippen molar-refractivity contribution >= 4 is 17.7 Å². The van der Waals surface area contributed by atoms with Crippen molar-refractivity contribution in [1.29, 1.82) is 0 Å². The Labute approximate surface area is 189 Å². The number of allylic oxidation sites excluding steroid dienone is 5. The predicted octanol–water partition coefficient (Wildman–Crippen LogP) is 3.16. The first kappa shape index (κ1) is 24.2. The Kier molecular flexibility index (Phi) is 6.70. The maximum atomic E-state index is 13.1. The fourth-order valence-corrected chi connectivity index (χ4v) is 5.98. The van der Waals surface area contributed by atoms with E-state index in [1.165, 1.54) is 0 Å². The molecule has 7 heteroatoms. The minimum atomic E-state index is -2.17. The Balaban J connectivity index is 2.04. The van der Waals surface area contributed by atoms with Crippen molar-refractivity contribution in [1.82, 2.24) is 5.32 Å². The van der Waals surface area contributed by atoms with E-state index in [2.05, 4.69) is 31.3 Å². The van der Waals surface area contributed by atoms with E-state index >= 15 is 0 Å². The summed E-state index contributed by atoms with van der Waals surface area (Å²) >= 11 is 0. The number of aliphatic carboxylic acids is 1. The van der Waals surface area contributed by atoms with Gasteiger partial charge in [0.15, 0.2) is 11.4 Å². The summed E-state index contributed by atoms with van der Waals surface area (Å²) in [5.74, 6) is -2.39. The highest BCUT2D eigenvalue weighted by Crippen LogP contribution is 2.51. The largest absolute Gasteiger partial charge is 0.511 e. The zero-order valence-corrected chi connectivity index (χ0v) is 19.5. The molecule has 8 atom stereocenters. The number of Topliss-reactive ketones (excluding diaryl/α,β-unsaturated/α-hetero) is 1. The number of ketones is 1. The normalized spacial score (nSPS) is 38.7. The topological polar surface area (TPSA) is 124 Å². The zero-order valence-electron chi connectivity index (χ0n) is 19.5. The molecule has 0 spiro atoms. The van der Waals surface area contributed by atoms with Crippen molar-refractivity contribution in [2.75, 3.05) is 0 Å². The molecule has 4 N–H and O–H groups in total. The summed E-state index contributed by atoms with van der Waals surface area (Å²) < 4.78 is 0. The summed E-state index contributed by atoms with van der Waals surface area (Å²) in [5.41, 5.74) is -1.41. The molecule has 0 aromatic rings. The maximum absolute atomic E-state index is 13.1. The first-order valence-electron chi connectivity index (χ1n) is 11.4. The van der Waals surface area contributed by atoms with Crippen molar-refractivity contribution in [2.24, 2.45) is 35.5 Å². The van der Waals surface area contributed by atoms with Gasteiger partial charge in [-0.2, -0.15) is 0 Å². The number of hydrogen-bond donors (Lipinski definition) is 4. The fraction of sp³-hybridized carbons (Fsp3) is 0.640. The smallest absolute Gasteiger partial charge is 0.335 e. The number of amides is 1. The van der Waals surface area contributed by atoms with Gasteiger partial charge in [0.25, 0.3) is 5.91 Å². The molecule has 0 radical (unpaired) electrons. The van der Waals surface area contributed by atoms with Crippen LogP contribution < -0.4 is 5.32 Å². The third kappa shape index (κ3) is 4.27. The number of carboxylic acid groups (broad SMARTS) is 1. The van der Waals surface area contributed by atoms with Gasteiger partial charge in [-0.15, -0.1) is 0 Å². The molecular formula is C25H35NO6. The lowest BCUT2D eigenvalue weighted by atomic mass is 9.57. The molecule has 32 heavy (non-hydrogen) atoms. The van der Waals surface area contributed by atoms with E-state index in [1.54, 1.807) is 0 Å². The van der Waals surface area contributed by atoms with Crippen LogP contribution in [-0.2, 0) is 14.4 Å². The van der Waals surface area contributed by atoms with Crippen LogP contribution in [0.25, 0.3) is 0 Å². The number of carbonyl (C=O) groups is 3. The lowest BCUT2D eigenvalue weighted by Crippen LogP contribution is -2.43. The maximum Gasteiger partial charge on any atom is 0.335 e. The van der Waals surface area contributed by atoms with Gasteiger partial charge in [-0.1, -0.05) is 37.6 Å². The molecule has 0 aromatic carbocycles. The van der Waals surface area contributed by atoms with E-state index in [9.17, 15) is 29.7 Å². The van der Waals surface area contributed by atoms with Crippen molar-refractivity contribution in [2.45, 2.75) is 65.5 Å². The van der Waals surface area contributed by atoms with Gasteiger partial charge >= 0.3 is 5.97 Å². The average Bonchev–Trinajstić information content (AvgIpc) is 2.98. The van der Waals surface area contributed by atoms with Gasteiger partial charge in [-0.3, -0.25) is 9.59 Å². The zero-order chi connectivity index (χ0) is 24.0. The first-order valence-corrected chi connectivity index (χ1v) is 11.4. The molecule has 8 unspecified atom stereocenters. The minimum Gasteiger partial charge on any atom is -0.511 e. The minimum absolute atomic E-state index is 0.0883. The Morgan fingerprint density at radius 1 is 1.22 bits per heavy atom. The van der Waals surface area contributed by atoms with Crippen molar-refractivity contribution in [3.8, 4) is 0 Å². The molecule has 2 fully saturated rings. The van der Waals surface area contributed by atoms with E-state index in [0.29, 0.717) is 11.8 Å². The third-order valence-electron chi connectivity index (χ3n) is 7.68. The second kappa shape index (κ2) is 8.85. The number of carbonyl (C=O) groups excluding carboxylic acids is 2. The van der Waals surface area contributed by atoms with Crippen molar-refractivity contribution < 1.29 is 29.7 Å². The van der Waals surface area contributed by atoms with Crippen molar-refractivity contribution in [3.05, 3.63) is 35.1 Å². The average molecular weight is 446 g/mol. The number of hydrogen-bond acceptors (Lipinski definition) is 5. The second-order valence-electron chi connectivity index (χ2n) is 10.2. The number of aliphatic hydroxyl groups is 2. The van der Waals surface area contributed by atoms with Crippen LogP contribution in [0.4, 0.5) is 0 Å². The quantitative estimate of drug-likeness (QED) is 0.223. The molecule has 0 bridgehead atoms. The predicted molar refractivity (Wildman–Crippen MR) is 120 cm³/mol. The molecule has 1 heterocycles. The van der Waals surface area contributed by atoms with Crippen LogP contribution >= 0.6 is 0 Å². The monoisotopic (exact) mass is 445 g/mol. The number of aliphatic hydroxyl groups excluding tert-OH is 1. The van der Waals surface area contributed by atoms with Crippen LogP contribution in [0.1, 0.15) is 53.9 Å². The number of rotatable bonds is 5. The molecule has 2 aliphatic carbocycles. The molecule has 0 aromatic heterocycles. The number of carboxylic acids is 1. The van der Waals surface area contributed by atoms with Crippen LogP contribution in [0.3, 0.4) is 0 Å². The highest BCUT2D eigenvalue weighted by molar-refractivity contribution is 6.27. The van der Waals surface area contributed by atoms with Gasteiger partial charge in [-0.05, 0) is 57.3 Å². The lowest BCUT2D eigenvalue weighted by molar-refractivity contribution is -0.158. The van der Waals surface area contributed by atoms with Crippen LogP contribution in [0.15, 0.2) is 35.1 Å². The van der Waals surface area contributed by atoms with Gasteiger partial charge < -0.3 is 20.6 Å². The van der Waals surface area contributed by atoms with E-state index in [4.69, 9.17) is 0 Å². The molecule has 7 nitrogen and oxygen atoms in total. The van der Waals surface area contributed by atoms with E-state index in [1.807, 2.05) is 19.9 Å². The highest BCUT2D eigenvalue weighted by atomic mass is 16.4. The Morgan fingerprint density at radius 2 is 1.88 bits per heavy atom. The summed E-state index contributed by atoms with van der Waals surface area (Å²) in [6.45, 7) is 9.40. The summed E-state index contributed by atoms with van der Waals surface area (Å²) in [7, 11) is 0. The van der Waals surface area contributed by atoms with Crippen LogP contribution in [0.5, 0.6) is 0 Å². The van der Waals surface area contributed by atoms with Crippen LogP contribution in [0.2, 0.25) is 0 Å². The number of fused-ring (bicyclic) bond motifs is 1. The SMILES string of the molecule is C/C=C(/C)C1C=CC2CC(C)CC(C)C2C1/C(O)=C1\C(=O)NC(CC(C)(O)C(=O)O)C1=O. The summed E-state index contributed by atoms with van der Waals surface area (Å²) in [6.07, 6.45) is 7.85. The molecule has 3 rings (SSSR count). The fourth-order valence-electron chi connectivity index (χ4n) is 5.98. The summed E-state index contributed by atoms with van der Waals surface area (Å²) in [4.78, 5) is 37.1. The van der Waals surface area contributed by atoms with Crippen LogP contribution in [0, 0.1) is 35.5 Å². The first-order chi connectivity index (χ1) is 14.9. The van der Waals surface area contributed by atoms with Gasteiger partial charge in [0.1, 0.15) is 11.3 Å². The number of nitrogens with one attached hydrogen (secondary N) is 1. The van der Waals surface area contributed by atoms with Crippen LogP contribution in [-0.4, -0.2) is 44.6 Å². The Morgan fingerprint density at radius 3 is 2.47 bits per heavy atom. The molecular weight excluding hydrogens is 410 g/mol. The lowest BCUT2D eigenvalue weighted by Gasteiger charge is -2.47. The van der Waals surface area contributed by atoms with E-state index < -0.39 is 41.6 Å². The molecule has 1 saturated heterocycles. The standard InChI is InChI=1S/C25H35NO6/c1-6-13(3)16-8-7-15-10-12(2)9-14(4)18(15)19(16)22(28)20-21(27)17(26-23(20)29)11-25(5,32)24(30)31/h6-8,12,14-19,28,32H,9-11H2,1-5H3,(H,26,29)(H,30,31)/b13-6-,22-20+. The molecule has 1 aliphatic heterocycles. The molecule has 1 amide bonds. The third-order valence-corrected chi connectivity index (χ3v) is 7.68. The summed E-state index contributed by atoms with van der Waals surface area (Å²) in [6, 6.07) is -1.19. The molecule has 176 valence electrons. The molecule has 1 saturated carbocycles. The van der Waals surface area contributed by atoms with E-state index in [-0.39, 0.29) is 29.1 Å².